The second-order valence-electron chi connectivity index (χ2n) is 3.46. The summed E-state index contributed by atoms with van der Waals surface area (Å²) in [5.41, 5.74) is 5.51. The predicted octanol–water partition coefficient (Wildman–Crippen LogP) is 1.27. The Morgan fingerprint density at radius 1 is 1.54 bits per heavy atom. The number of hydrogen-bond acceptors (Lipinski definition) is 4. The summed E-state index contributed by atoms with van der Waals surface area (Å²) in [5.74, 6) is 2.10. The minimum Gasteiger partial charge on any atom is -0.384 e. The van der Waals surface area contributed by atoms with Crippen LogP contribution in [0.5, 0.6) is 0 Å². The molecule has 0 bridgehead atoms. The van der Waals surface area contributed by atoms with E-state index in [1.165, 1.54) is 19.3 Å². The summed E-state index contributed by atoms with van der Waals surface area (Å²) in [7, 11) is 0. The first-order valence-corrected chi connectivity index (χ1v) is 4.67. The lowest BCUT2D eigenvalue weighted by molar-refractivity contribution is 0.756. The van der Waals surface area contributed by atoms with E-state index < -0.39 is 0 Å². The number of aromatic nitrogens is 2. The minimum absolute atomic E-state index is 0.518. The Kier molecular flexibility index (Phi) is 2.29. The highest BCUT2D eigenvalue weighted by Gasteiger charge is 2.20. The van der Waals surface area contributed by atoms with Crippen LogP contribution in [0.4, 0.5) is 11.8 Å². The molecule has 0 spiro atoms. The van der Waals surface area contributed by atoms with E-state index in [-0.39, 0.29) is 0 Å². The van der Waals surface area contributed by atoms with Crippen LogP contribution in [0.3, 0.4) is 0 Å². The van der Waals surface area contributed by atoms with Crippen LogP contribution in [-0.4, -0.2) is 16.5 Å². The molecule has 70 valence electrons. The summed E-state index contributed by atoms with van der Waals surface area (Å²) in [4.78, 5) is 8.10. The number of nitrogens with zero attached hydrogens (tertiary/aromatic N) is 2. The molecule has 1 aliphatic rings. The first-order valence-electron chi connectivity index (χ1n) is 4.67. The first-order chi connectivity index (χ1) is 6.34. The SMILES string of the molecule is Nc1ccnc(NCCC2CC2)n1. The van der Waals surface area contributed by atoms with E-state index >= 15 is 0 Å². The van der Waals surface area contributed by atoms with Crippen molar-refractivity contribution in [2.75, 3.05) is 17.6 Å². The molecule has 0 unspecified atom stereocenters. The van der Waals surface area contributed by atoms with Crippen molar-refractivity contribution in [1.82, 2.24) is 9.97 Å². The third-order valence-corrected chi connectivity index (χ3v) is 2.21. The molecule has 1 heterocycles. The van der Waals surface area contributed by atoms with Crippen molar-refractivity contribution in [2.24, 2.45) is 5.92 Å². The highest BCUT2D eigenvalue weighted by Crippen LogP contribution is 2.31. The lowest BCUT2D eigenvalue weighted by Crippen LogP contribution is -2.06. The van der Waals surface area contributed by atoms with Gasteiger partial charge in [0.15, 0.2) is 0 Å². The summed E-state index contributed by atoms with van der Waals surface area (Å²) < 4.78 is 0. The van der Waals surface area contributed by atoms with Gasteiger partial charge < -0.3 is 11.1 Å². The standard InChI is InChI=1S/C9H14N4/c10-8-4-6-12-9(13-8)11-5-3-7-1-2-7/h4,6-7H,1-3,5H2,(H3,10,11,12,13). The van der Waals surface area contributed by atoms with E-state index in [1.54, 1.807) is 12.3 Å². The van der Waals surface area contributed by atoms with Gasteiger partial charge in [0.25, 0.3) is 0 Å². The second-order valence-corrected chi connectivity index (χ2v) is 3.46. The molecule has 0 aliphatic heterocycles. The molecule has 1 saturated carbocycles. The summed E-state index contributed by atoms with van der Waals surface area (Å²) >= 11 is 0. The van der Waals surface area contributed by atoms with Gasteiger partial charge in [0.1, 0.15) is 5.82 Å². The monoisotopic (exact) mass is 178 g/mol. The molecule has 2 rings (SSSR count). The third kappa shape index (κ3) is 2.57. The molecule has 4 heteroatoms. The molecule has 1 aromatic rings. The van der Waals surface area contributed by atoms with Gasteiger partial charge in [-0.05, 0) is 18.4 Å². The minimum atomic E-state index is 0.518. The molecule has 0 saturated heterocycles. The van der Waals surface area contributed by atoms with E-state index in [0.29, 0.717) is 11.8 Å². The van der Waals surface area contributed by atoms with Crippen molar-refractivity contribution in [2.45, 2.75) is 19.3 Å². The van der Waals surface area contributed by atoms with Gasteiger partial charge in [-0.3, -0.25) is 0 Å². The Labute approximate surface area is 77.6 Å². The van der Waals surface area contributed by atoms with Crippen LogP contribution in [0.15, 0.2) is 12.3 Å². The average Bonchev–Trinajstić information content (AvgIpc) is 2.88. The molecule has 1 aliphatic carbocycles. The highest BCUT2D eigenvalue weighted by molar-refractivity contribution is 5.34. The van der Waals surface area contributed by atoms with E-state index in [0.717, 1.165) is 12.5 Å². The van der Waals surface area contributed by atoms with Gasteiger partial charge in [-0.1, -0.05) is 12.8 Å². The van der Waals surface area contributed by atoms with Crippen molar-refractivity contribution >= 4 is 11.8 Å². The number of hydrogen-bond donors (Lipinski definition) is 2. The first kappa shape index (κ1) is 8.29. The van der Waals surface area contributed by atoms with E-state index in [1.807, 2.05) is 0 Å². The number of nitrogens with two attached hydrogens (primary N) is 1. The maximum Gasteiger partial charge on any atom is 0.224 e. The fourth-order valence-electron chi connectivity index (χ4n) is 1.25. The zero-order chi connectivity index (χ0) is 9.10. The Hall–Kier alpha value is -1.32. The molecular formula is C9H14N4. The fourth-order valence-corrected chi connectivity index (χ4v) is 1.25. The quantitative estimate of drug-likeness (QED) is 0.728. The molecule has 1 fully saturated rings. The van der Waals surface area contributed by atoms with Crippen molar-refractivity contribution in [3.8, 4) is 0 Å². The summed E-state index contributed by atoms with van der Waals surface area (Å²) in [6.07, 6.45) is 5.67. The van der Waals surface area contributed by atoms with Gasteiger partial charge >= 0.3 is 0 Å². The highest BCUT2D eigenvalue weighted by atomic mass is 15.1. The van der Waals surface area contributed by atoms with Crippen LogP contribution in [0.25, 0.3) is 0 Å². The maximum atomic E-state index is 5.51. The van der Waals surface area contributed by atoms with Crippen LogP contribution in [0, 0.1) is 5.92 Å². The topological polar surface area (TPSA) is 63.8 Å². The maximum absolute atomic E-state index is 5.51. The van der Waals surface area contributed by atoms with E-state index in [2.05, 4.69) is 15.3 Å². The molecule has 3 N–H and O–H groups in total. The summed E-state index contributed by atoms with van der Waals surface area (Å²) in [6.45, 7) is 0.953. The van der Waals surface area contributed by atoms with Crippen LogP contribution in [-0.2, 0) is 0 Å². The molecule has 13 heavy (non-hydrogen) atoms. The van der Waals surface area contributed by atoms with Gasteiger partial charge in [-0.2, -0.15) is 4.98 Å². The molecule has 0 radical (unpaired) electrons. The van der Waals surface area contributed by atoms with Crippen molar-refractivity contribution in [3.63, 3.8) is 0 Å². The number of anilines is 2. The lowest BCUT2D eigenvalue weighted by Gasteiger charge is -2.03. The zero-order valence-electron chi connectivity index (χ0n) is 7.53. The zero-order valence-corrected chi connectivity index (χ0v) is 7.53. The molecular weight excluding hydrogens is 164 g/mol. The predicted molar refractivity (Wildman–Crippen MR) is 52.3 cm³/mol. The fraction of sp³-hybridized carbons (Fsp3) is 0.556. The van der Waals surface area contributed by atoms with Gasteiger partial charge in [0.2, 0.25) is 5.95 Å². The van der Waals surface area contributed by atoms with Crippen LogP contribution in [0.2, 0.25) is 0 Å². The summed E-state index contributed by atoms with van der Waals surface area (Å²) in [5, 5.41) is 3.15. The van der Waals surface area contributed by atoms with Crippen LogP contribution in [0.1, 0.15) is 19.3 Å². The molecule has 1 aromatic heterocycles. The van der Waals surface area contributed by atoms with Gasteiger partial charge in [-0.25, -0.2) is 4.98 Å². The Balaban J connectivity index is 1.79. The average molecular weight is 178 g/mol. The van der Waals surface area contributed by atoms with Crippen LogP contribution >= 0.6 is 0 Å². The van der Waals surface area contributed by atoms with Crippen LogP contribution < -0.4 is 11.1 Å². The summed E-state index contributed by atoms with van der Waals surface area (Å²) in [6, 6.07) is 1.69. The van der Waals surface area contributed by atoms with E-state index in [4.69, 9.17) is 5.73 Å². The number of rotatable bonds is 4. The second kappa shape index (κ2) is 3.60. The normalized spacial score (nSPS) is 15.7. The smallest absolute Gasteiger partial charge is 0.224 e. The van der Waals surface area contributed by atoms with Crippen molar-refractivity contribution < 1.29 is 0 Å². The van der Waals surface area contributed by atoms with Gasteiger partial charge in [-0.15, -0.1) is 0 Å². The van der Waals surface area contributed by atoms with E-state index in [9.17, 15) is 0 Å². The number of nitrogen functional groups attached to an aromatic ring is 1. The molecule has 0 amide bonds. The van der Waals surface area contributed by atoms with Gasteiger partial charge in [0.05, 0.1) is 0 Å². The third-order valence-electron chi connectivity index (χ3n) is 2.21. The number of nitrogens with one attached hydrogen (secondary N) is 1. The van der Waals surface area contributed by atoms with Crippen molar-refractivity contribution in [1.29, 1.82) is 0 Å². The molecule has 4 nitrogen and oxygen atoms in total. The molecule has 0 aromatic carbocycles. The largest absolute Gasteiger partial charge is 0.384 e. The van der Waals surface area contributed by atoms with Gasteiger partial charge in [0, 0.05) is 12.7 Å². The Morgan fingerprint density at radius 2 is 2.38 bits per heavy atom. The lowest BCUT2D eigenvalue weighted by atomic mass is 10.3. The Bertz CT molecular complexity index is 283. The Morgan fingerprint density at radius 3 is 3.08 bits per heavy atom. The molecule has 0 atom stereocenters. The van der Waals surface area contributed by atoms with Crippen molar-refractivity contribution in [3.05, 3.63) is 12.3 Å².